The van der Waals surface area contributed by atoms with Crippen LogP contribution in [0.2, 0.25) is 0 Å². The van der Waals surface area contributed by atoms with E-state index >= 15 is 0 Å². The SMILES string of the molecule is Cc1ccccc1C1Cc2cccc(c2)N(c2c3ccccc3c(-c3ccccc3)c3ccccc23)c2cccc(c2)N(c2ccccc2C)c2cc1c1ccc3cc(C(C)(C)C)cc4ccc2c1c34. The topological polar surface area (TPSA) is 6.48 Å². The Morgan fingerprint density at radius 1 is 0.400 bits per heavy atom. The first-order valence-corrected chi connectivity index (χ1v) is 24.8. The van der Waals surface area contributed by atoms with Crippen molar-refractivity contribution in [1.29, 1.82) is 0 Å². The van der Waals surface area contributed by atoms with Crippen LogP contribution >= 0.6 is 0 Å². The Bertz CT molecular complexity index is 3930. The van der Waals surface area contributed by atoms with Crippen molar-refractivity contribution in [2.24, 2.45) is 0 Å². The van der Waals surface area contributed by atoms with Gasteiger partial charge in [-0.05, 0) is 150 Å². The minimum Gasteiger partial charge on any atom is -0.310 e. The van der Waals surface area contributed by atoms with Gasteiger partial charge in [0, 0.05) is 44.8 Å². The maximum Gasteiger partial charge on any atom is 0.0618 e. The van der Waals surface area contributed by atoms with E-state index in [1.165, 1.54) is 110 Å². The van der Waals surface area contributed by atoms with E-state index in [-0.39, 0.29) is 11.3 Å². The molecule has 1 heterocycles. The van der Waals surface area contributed by atoms with E-state index in [1.54, 1.807) is 0 Å². The lowest BCUT2D eigenvalue weighted by Crippen LogP contribution is -2.15. The van der Waals surface area contributed by atoms with Crippen LogP contribution in [0.4, 0.5) is 34.1 Å². The van der Waals surface area contributed by atoms with Crippen molar-refractivity contribution in [3.05, 3.63) is 252 Å². The third kappa shape index (κ3) is 6.69. The molecule has 1 aliphatic heterocycles. The van der Waals surface area contributed by atoms with E-state index < -0.39 is 0 Å². The van der Waals surface area contributed by atoms with Gasteiger partial charge < -0.3 is 9.80 Å². The molecule has 0 aliphatic carbocycles. The van der Waals surface area contributed by atoms with Gasteiger partial charge in [-0.2, -0.15) is 0 Å². The van der Waals surface area contributed by atoms with Gasteiger partial charge >= 0.3 is 0 Å². The van der Waals surface area contributed by atoms with Crippen LogP contribution in [0, 0.1) is 13.8 Å². The number of hydrogen-bond acceptors (Lipinski definition) is 2. The average molecular weight is 899 g/mol. The Morgan fingerprint density at radius 2 is 0.971 bits per heavy atom. The monoisotopic (exact) mass is 898 g/mol. The number of nitrogens with zero attached hydrogens (tertiary/aromatic N) is 2. The molecule has 0 N–H and O–H groups in total. The lowest BCUT2D eigenvalue weighted by molar-refractivity contribution is 0.591. The molecule has 13 rings (SSSR count). The fraction of sp³-hybridized carbons (Fsp3) is 0.118. The molecule has 2 nitrogen and oxygen atoms in total. The van der Waals surface area contributed by atoms with Crippen molar-refractivity contribution in [3.8, 4) is 11.1 Å². The molecular weight excluding hydrogens is 845 g/mol. The van der Waals surface area contributed by atoms with Gasteiger partial charge in [-0.15, -0.1) is 0 Å². The maximum absolute atomic E-state index is 2.56. The molecule has 1 atom stereocenters. The molecule has 0 spiro atoms. The van der Waals surface area contributed by atoms with Gasteiger partial charge in [-0.3, -0.25) is 0 Å². The van der Waals surface area contributed by atoms with Crippen molar-refractivity contribution in [1.82, 2.24) is 0 Å². The summed E-state index contributed by atoms with van der Waals surface area (Å²) in [7, 11) is 0. The molecule has 70 heavy (non-hydrogen) atoms. The number of fused-ring (bicyclic) bond motifs is 10. The highest BCUT2D eigenvalue weighted by molar-refractivity contribution is 6.27. The summed E-state index contributed by atoms with van der Waals surface area (Å²) >= 11 is 0. The van der Waals surface area contributed by atoms with Gasteiger partial charge in [0.25, 0.3) is 0 Å². The molecule has 336 valence electrons. The van der Waals surface area contributed by atoms with E-state index in [9.17, 15) is 0 Å². The van der Waals surface area contributed by atoms with Crippen LogP contribution in [-0.4, -0.2) is 0 Å². The highest BCUT2D eigenvalue weighted by Gasteiger charge is 2.30. The van der Waals surface area contributed by atoms with Crippen molar-refractivity contribution < 1.29 is 0 Å². The van der Waals surface area contributed by atoms with Crippen molar-refractivity contribution >= 4 is 88.0 Å². The first-order valence-electron chi connectivity index (χ1n) is 24.8. The second-order valence-corrected chi connectivity index (χ2v) is 20.6. The van der Waals surface area contributed by atoms with E-state index in [4.69, 9.17) is 0 Å². The van der Waals surface area contributed by atoms with Gasteiger partial charge in [0.05, 0.1) is 11.4 Å². The van der Waals surface area contributed by atoms with Gasteiger partial charge in [-0.1, -0.05) is 197 Å². The standard InChI is InChI=1S/C68H54N2/c1-43-19-9-11-27-53(43)60-38-45-21-17-24-50(37-45)69(67-57-30-14-12-28-54(57)65(46-22-7-6-8-23-46)55-29-13-15-31-58(55)67)51-25-18-26-52(41-51)70(62-32-16-10-20-44(62)2)63-42-61(60)56-35-33-47-39-49(68(3,4)5)40-48-34-36-59(63)66(56)64(47)48/h6-37,39-42,60H,38H2,1-5H3. The van der Waals surface area contributed by atoms with Crippen LogP contribution in [-0.2, 0) is 11.8 Å². The number of benzene rings is 12. The normalized spacial score (nSPS) is 14.1. The average Bonchev–Trinajstić information content (AvgIpc) is 3.38. The fourth-order valence-electron chi connectivity index (χ4n) is 11.9. The molecular formula is C68H54N2. The van der Waals surface area contributed by atoms with Crippen LogP contribution in [0.1, 0.15) is 60.1 Å². The minimum absolute atomic E-state index is 0.0144. The van der Waals surface area contributed by atoms with E-state index in [0.717, 1.165) is 29.2 Å². The van der Waals surface area contributed by atoms with E-state index in [1.807, 2.05) is 0 Å². The van der Waals surface area contributed by atoms with Gasteiger partial charge in [0.2, 0.25) is 0 Å². The molecule has 6 bridgehead atoms. The minimum atomic E-state index is 0.0144. The Balaban J connectivity index is 1.18. The Kier molecular flexibility index (Phi) is 9.72. The maximum atomic E-state index is 2.56. The number of rotatable bonds is 4. The molecule has 0 fully saturated rings. The number of hydrogen-bond donors (Lipinski definition) is 0. The molecule has 0 aromatic heterocycles. The Morgan fingerprint density at radius 3 is 1.64 bits per heavy atom. The number of para-hydroxylation sites is 1. The second-order valence-electron chi connectivity index (χ2n) is 20.6. The molecule has 2 heteroatoms. The third-order valence-electron chi connectivity index (χ3n) is 15.3. The predicted octanol–water partition coefficient (Wildman–Crippen LogP) is 19.1. The number of anilines is 6. The highest BCUT2D eigenvalue weighted by Crippen LogP contribution is 2.53. The van der Waals surface area contributed by atoms with Gasteiger partial charge in [0.1, 0.15) is 0 Å². The first kappa shape index (κ1) is 41.9. The van der Waals surface area contributed by atoms with Crippen molar-refractivity contribution in [3.63, 3.8) is 0 Å². The molecule has 0 saturated heterocycles. The highest BCUT2D eigenvalue weighted by atomic mass is 15.2. The lowest BCUT2D eigenvalue weighted by Gasteiger charge is -2.33. The summed E-state index contributed by atoms with van der Waals surface area (Å²) in [5, 5.41) is 12.7. The first-order chi connectivity index (χ1) is 34.2. The molecule has 0 amide bonds. The Hall–Kier alpha value is -8.20. The predicted molar refractivity (Wildman–Crippen MR) is 300 cm³/mol. The molecule has 0 saturated carbocycles. The number of aryl methyl sites for hydroxylation is 2. The van der Waals surface area contributed by atoms with Crippen LogP contribution in [0.15, 0.2) is 218 Å². The third-order valence-corrected chi connectivity index (χ3v) is 15.3. The zero-order chi connectivity index (χ0) is 47.3. The summed E-state index contributed by atoms with van der Waals surface area (Å²) in [6, 6.07) is 82.7. The summed E-state index contributed by atoms with van der Waals surface area (Å²) < 4.78 is 0. The van der Waals surface area contributed by atoms with Gasteiger partial charge in [-0.25, -0.2) is 0 Å². The van der Waals surface area contributed by atoms with Crippen molar-refractivity contribution in [2.75, 3.05) is 9.80 Å². The van der Waals surface area contributed by atoms with E-state index in [0.29, 0.717) is 0 Å². The molecule has 1 unspecified atom stereocenters. The van der Waals surface area contributed by atoms with Crippen LogP contribution in [0.3, 0.4) is 0 Å². The van der Waals surface area contributed by atoms with Crippen LogP contribution in [0.25, 0.3) is 65.0 Å². The van der Waals surface area contributed by atoms with Crippen molar-refractivity contribution in [2.45, 2.75) is 52.4 Å². The quantitative estimate of drug-likeness (QED) is 0.128. The summed E-state index contributed by atoms with van der Waals surface area (Å²) in [5.74, 6) is 0.0488. The Labute approximate surface area is 411 Å². The molecule has 12 aromatic rings. The summed E-state index contributed by atoms with van der Waals surface area (Å²) in [6.45, 7) is 11.5. The van der Waals surface area contributed by atoms with Crippen LogP contribution in [0.5, 0.6) is 0 Å². The van der Waals surface area contributed by atoms with E-state index in [2.05, 4.69) is 263 Å². The molecule has 12 aromatic carbocycles. The molecule has 0 radical (unpaired) electrons. The largest absolute Gasteiger partial charge is 0.310 e. The summed E-state index contributed by atoms with van der Waals surface area (Å²) in [5.41, 5.74) is 17.2. The summed E-state index contributed by atoms with van der Waals surface area (Å²) in [4.78, 5) is 5.11. The van der Waals surface area contributed by atoms with Crippen LogP contribution < -0.4 is 9.80 Å². The summed E-state index contributed by atoms with van der Waals surface area (Å²) in [6.07, 6.45) is 0.820. The zero-order valence-corrected chi connectivity index (χ0v) is 40.5. The zero-order valence-electron chi connectivity index (χ0n) is 40.5. The fourth-order valence-corrected chi connectivity index (χ4v) is 11.9. The lowest BCUT2D eigenvalue weighted by atomic mass is 9.78. The second kappa shape index (κ2) is 16.2. The smallest absolute Gasteiger partial charge is 0.0618 e. The van der Waals surface area contributed by atoms with Gasteiger partial charge in [0.15, 0.2) is 0 Å². The molecule has 1 aliphatic rings.